The first kappa shape index (κ1) is 28.9. The van der Waals surface area contributed by atoms with Crippen molar-refractivity contribution in [2.45, 2.75) is 6.42 Å². The number of fused-ring (bicyclic) bond motifs is 1. The van der Waals surface area contributed by atoms with E-state index in [1.807, 2.05) is 23.9 Å². The first-order chi connectivity index (χ1) is 17.3. The van der Waals surface area contributed by atoms with Crippen molar-refractivity contribution in [2.75, 3.05) is 70.4 Å². The van der Waals surface area contributed by atoms with Crippen LogP contribution in [0.3, 0.4) is 0 Å². The number of nitro benzene ring substituents is 1. The van der Waals surface area contributed by atoms with Gasteiger partial charge in [-0.05, 0) is 51.3 Å². The van der Waals surface area contributed by atoms with Gasteiger partial charge in [0, 0.05) is 31.3 Å². The minimum atomic E-state index is -0.444. The minimum absolute atomic E-state index is 0. The molecule has 37 heavy (non-hydrogen) atoms. The van der Waals surface area contributed by atoms with E-state index in [1.165, 1.54) is 17.4 Å². The molecule has 3 aromatic rings. The summed E-state index contributed by atoms with van der Waals surface area (Å²) in [5, 5.41) is 12.9. The molecule has 0 N–H and O–H groups in total. The van der Waals surface area contributed by atoms with E-state index < -0.39 is 4.92 Å². The maximum Gasteiger partial charge on any atom is 0.293 e. The van der Waals surface area contributed by atoms with Crippen LogP contribution < -0.4 is 14.5 Å². The van der Waals surface area contributed by atoms with Gasteiger partial charge in [0.05, 0.1) is 35.0 Å². The molecule has 1 aromatic heterocycles. The summed E-state index contributed by atoms with van der Waals surface area (Å²) < 4.78 is 11.5. The average molecular weight is 570 g/mol. The van der Waals surface area contributed by atoms with E-state index in [9.17, 15) is 14.9 Å². The van der Waals surface area contributed by atoms with E-state index in [-0.39, 0.29) is 29.6 Å². The smallest absolute Gasteiger partial charge is 0.293 e. The maximum absolute atomic E-state index is 13.8. The molecule has 1 aliphatic heterocycles. The molecule has 0 atom stereocenters. The molecule has 1 fully saturated rings. The Bertz CT molecular complexity index is 1270. The van der Waals surface area contributed by atoms with Crippen LogP contribution in [0.25, 0.3) is 10.2 Å². The summed E-state index contributed by atoms with van der Waals surface area (Å²) in [5.41, 5.74) is 1.17. The highest BCUT2D eigenvalue weighted by atomic mass is 35.5. The van der Waals surface area contributed by atoms with E-state index in [2.05, 4.69) is 4.98 Å². The number of hydrogen-bond acceptors (Lipinski definition) is 9. The second-order valence-corrected chi connectivity index (χ2v) is 9.98. The second-order valence-electron chi connectivity index (χ2n) is 8.60. The molecule has 2 heterocycles. The van der Waals surface area contributed by atoms with Crippen molar-refractivity contribution >= 4 is 68.0 Å². The van der Waals surface area contributed by atoms with E-state index >= 15 is 0 Å². The summed E-state index contributed by atoms with van der Waals surface area (Å²) in [4.78, 5) is 35.4. The summed E-state index contributed by atoms with van der Waals surface area (Å²) in [7, 11) is 5.47. The Morgan fingerprint density at radius 1 is 1.24 bits per heavy atom. The number of carbonyl (C=O) groups excluding carboxylic acids is 1. The van der Waals surface area contributed by atoms with Gasteiger partial charge in [0.1, 0.15) is 17.0 Å². The number of aromatic nitrogens is 1. The van der Waals surface area contributed by atoms with Gasteiger partial charge < -0.3 is 19.3 Å². The summed E-state index contributed by atoms with van der Waals surface area (Å²) in [5.74, 6) is 0.197. The van der Waals surface area contributed by atoms with Crippen LogP contribution in [-0.4, -0.2) is 81.3 Å². The molecule has 200 valence electrons. The standard InChI is InChI=1S/C24H28ClN5O5S.ClH/c1-27(2)9-4-10-29(24-26-21-20(34-3)8-6-17(25)22(21)36-24)23(31)16-5-7-18(19(15-16)30(32)33)28-11-13-35-14-12-28;/h5-8,15H,4,9-14H2,1-3H3;1H. The first-order valence-electron chi connectivity index (χ1n) is 11.5. The molecule has 1 amide bonds. The number of hydrogen-bond donors (Lipinski definition) is 0. The Morgan fingerprint density at radius 3 is 2.62 bits per heavy atom. The maximum atomic E-state index is 13.8. The lowest BCUT2D eigenvalue weighted by molar-refractivity contribution is -0.384. The molecule has 0 aliphatic carbocycles. The predicted molar refractivity (Wildman–Crippen MR) is 149 cm³/mol. The average Bonchev–Trinajstić information content (AvgIpc) is 3.32. The van der Waals surface area contributed by atoms with Crippen LogP contribution in [0.5, 0.6) is 5.75 Å². The summed E-state index contributed by atoms with van der Waals surface area (Å²) in [6.07, 6.45) is 0.688. The first-order valence-corrected chi connectivity index (χ1v) is 12.7. The quantitative estimate of drug-likeness (QED) is 0.269. The summed E-state index contributed by atoms with van der Waals surface area (Å²) >= 11 is 7.70. The van der Waals surface area contributed by atoms with E-state index in [0.29, 0.717) is 71.1 Å². The normalized spacial score (nSPS) is 13.5. The fourth-order valence-corrected chi connectivity index (χ4v) is 5.36. The molecule has 0 saturated carbocycles. The van der Waals surface area contributed by atoms with Gasteiger partial charge in [0.2, 0.25) is 0 Å². The van der Waals surface area contributed by atoms with Gasteiger partial charge in [0.25, 0.3) is 11.6 Å². The van der Waals surface area contributed by atoms with Crippen molar-refractivity contribution in [3.63, 3.8) is 0 Å². The van der Waals surface area contributed by atoms with E-state index in [4.69, 9.17) is 21.1 Å². The minimum Gasteiger partial charge on any atom is -0.494 e. The lowest BCUT2D eigenvalue weighted by Crippen LogP contribution is -2.37. The van der Waals surface area contributed by atoms with Crippen LogP contribution >= 0.6 is 35.3 Å². The number of benzene rings is 2. The van der Waals surface area contributed by atoms with Crippen LogP contribution in [-0.2, 0) is 4.74 Å². The Hall–Kier alpha value is -2.70. The van der Waals surface area contributed by atoms with E-state index in [1.54, 1.807) is 36.3 Å². The van der Waals surface area contributed by atoms with Gasteiger partial charge in [-0.15, -0.1) is 12.4 Å². The highest BCUT2D eigenvalue weighted by molar-refractivity contribution is 7.23. The van der Waals surface area contributed by atoms with Gasteiger partial charge in [0.15, 0.2) is 5.13 Å². The Morgan fingerprint density at radius 2 is 1.97 bits per heavy atom. The number of thiazole rings is 1. The Balaban J connectivity index is 0.00000380. The summed E-state index contributed by atoms with van der Waals surface area (Å²) in [6, 6.07) is 8.11. The highest BCUT2D eigenvalue weighted by Gasteiger charge is 2.27. The molecule has 2 aromatic carbocycles. The molecular weight excluding hydrogens is 541 g/mol. The fourth-order valence-electron chi connectivity index (χ4n) is 4.08. The topological polar surface area (TPSA) is 101 Å². The second kappa shape index (κ2) is 12.7. The van der Waals surface area contributed by atoms with Gasteiger partial charge in [-0.25, -0.2) is 4.98 Å². The molecule has 13 heteroatoms. The third-order valence-corrected chi connectivity index (χ3v) is 7.44. The van der Waals surface area contributed by atoms with Gasteiger partial charge in [-0.1, -0.05) is 22.9 Å². The molecule has 0 unspecified atom stereocenters. The molecule has 10 nitrogen and oxygen atoms in total. The molecule has 0 spiro atoms. The number of nitro groups is 1. The number of carbonyl (C=O) groups is 1. The summed E-state index contributed by atoms with van der Waals surface area (Å²) in [6.45, 7) is 3.26. The van der Waals surface area contributed by atoms with Crippen molar-refractivity contribution in [3.8, 4) is 5.75 Å². The van der Waals surface area contributed by atoms with Crippen LogP contribution in [0.4, 0.5) is 16.5 Å². The van der Waals surface area contributed by atoms with Crippen molar-refractivity contribution in [1.29, 1.82) is 0 Å². The van der Waals surface area contributed by atoms with Gasteiger partial charge in [-0.3, -0.25) is 19.8 Å². The van der Waals surface area contributed by atoms with Crippen LogP contribution in [0.1, 0.15) is 16.8 Å². The zero-order valence-corrected chi connectivity index (χ0v) is 23.2. The molecule has 1 aliphatic rings. The van der Waals surface area contributed by atoms with E-state index in [0.717, 1.165) is 6.54 Å². The zero-order valence-electron chi connectivity index (χ0n) is 20.8. The molecule has 1 saturated heterocycles. The number of methoxy groups -OCH3 is 1. The molecule has 4 rings (SSSR count). The zero-order chi connectivity index (χ0) is 25.8. The monoisotopic (exact) mass is 569 g/mol. The van der Waals surface area contributed by atoms with Crippen LogP contribution in [0, 0.1) is 10.1 Å². The Labute approximate surface area is 230 Å². The SMILES string of the molecule is COc1ccc(Cl)c2sc(N(CCCN(C)C)C(=O)c3ccc(N4CCOCC4)c([N+](=O)[O-])c3)nc12.Cl. The van der Waals surface area contributed by atoms with Gasteiger partial charge in [-0.2, -0.15) is 0 Å². The van der Waals surface area contributed by atoms with Gasteiger partial charge >= 0.3 is 0 Å². The molecular formula is C24H29Cl2N5O5S. The third-order valence-electron chi connectivity index (χ3n) is 5.90. The Kier molecular flexibility index (Phi) is 9.91. The number of ether oxygens (including phenoxy) is 2. The number of anilines is 2. The third kappa shape index (κ3) is 6.42. The van der Waals surface area contributed by atoms with Crippen molar-refractivity contribution in [3.05, 3.63) is 51.0 Å². The molecule has 0 radical (unpaired) electrons. The number of morpholine rings is 1. The number of nitrogens with zero attached hydrogens (tertiary/aromatic N) is 5. The lowest BCUT2D eigenvalue weighted by atomic mass is 10.1. The van der Waals surface area contributed by atoms with Crippen molar-refractivity contribution in [2.24, 2.45) is 0 Å². The van der Waals surface area contributed by atoms with Crippen LogP contribution in [0.2, 0.25) is 5.02 Å². The highest BCUT2D eigenvalue weighted by Crippen LogP contribution is 2.39. The van der Waals surface area contributed by atoms with Crippen LogP contribution in [0.15, 0.2) is 30.3 Å². The number of amides is 1. The number of halogens is 2. The van der Waals surface area contributed by atoms with Crippen molar-refractivity contribution < 1.29 is 19.2 Å². The predicted octanol–water partition coefficient (Wildman–Crippen LogP) is 4.72. The largest absolute Gasteiger partial charge is 0.494 e. The number of rotatable bonds is 9. The van der Waals surface area contributed by atoms with Crippen molar-refractivity contribution in [1.82, 2.24) is 9.88 Å². The lowest BCUT2D eigenvalue weighted by Gasteiger charge is -2.28. The fraction of sp³-hybridized carbons (Fsp3) is 0.417. The molecule has 0 bridgehead atoms.